The van der Waals surface area contributed by atoms with Gasteiger partial charge in [-0.2, -0.15) is 0 Å². The summed E-state index contributed by atoms with van der Waals surface area (Å²) in [6.07, 6.45) is 2.50. The molecule has 6 heteroatoms. The number of hydrogen-bond donors (Lipinski definition) is 0. The van der Waals surface area contributed by atoms with Gasteiger partial charge in [0.1, 0.15) is 6.54 Å². The van der Waals surface area contributed by atoms with E-state index in [1.807, 2.05) is 47.4 Å². The Bertz CT molecular complexity index is 1360. The van der Waals surface area contributed by atoms with Crippen LogP contribution in [0.2, 0.25) is 5.02 Å². The fourth-order valence-electron chi connectivity index (χ4n) is 4.59. The van der Waals surface area contributed by atoms with Crippen LogP contribution in [0.4, 0.5) is 5.69 Å². The smallest absolute Gasteiger partial charge is 0.294 e. The van der Waals surface area contributed by atoms with Gasteiger partial charge in [-0.3, -0.25) is 14.5 Å². The number of hydrogen-bond acceptors (Lipinski definition) is 3. The molecule has 5 rings (SSSR count). The summed E-state index contributed by atoms with van der Waals surface area (Å²) in [7, 11) is 0. The Hall–Kier alpha value is -3.57. The minimum Gasteiger partial charge on any atom is -0.449 e. The molecule has 0 fully saturated rings. The van der Waals surface area contributed by atoms with Gasteiger partial charge in [0.15, 0.2) is 11.5 Å². The molecule has 0 N–H and O–H groups in total. The quantitative estimate of drug-likeness (QED) is 0.415. The van der Waals surface area contributed by atoms with Crippen molar-refractivity contribution in [3.8, 4) is 5.75 Å². The zero-order valence-electron chi connectivity index (χ0n) is 20.8. The molecular formula is C30H29ClN2O3. The van der Waals surface area contributed by atoms with Crippen molar-refractivity contribution in [2.75, 3.05) is 18.0 Å². The van der Waals surface area contributed by atoms with Crippen LogP contribution in [0.3, 0.4) is 0 Å². The molecule has 0 aromatic heterocycles. The zero-order valence-corrected chi connectivity index (χ0v) is 21.5. The largest absolute Gasteiger partial charge is 0.449 e. The first-order chi connectivity index (χ1) is 17.2. The van der Waals surface area contributed by atoms with E-state index < -0.39 is 0 Å². The molecule has 2 heterocycles. The highest BCUT2D eigenvalue weighted by Gasteiger charge is 2.34. The minimum absolute atomic E-state index is 0.0527. The van der Waals surface area contributed by atoms with E-state index in [1.54, 1.807) is 23.1 Å². The van der Waals surface area contributed by atoms with E-state index in [1.165, 1.54) is 5.56 Å². The molecule has 0 radical (unpaired) electrons. The van der Waals surface area contributed by atoms with Gasteiger partial charge in [0, 0.05) is 18.1 Å². The molecule has 36 heavy (non-hydrogen) atoms. The predicted molar refractivity (Wildman–Crippen MR) is 143 cm³/mol. The van der Waals surface area contributed by atoms with Crippen molar-refractivity contribution in [2.45, 2.75) is 39.2 Å². The first kappa shape index (κ1) is 24.1. The van der Waals surface area contributed by atoms with E-state index in [-0.39, 0.29) is 29.5 Å². The molecule has 0 aliphatic carbocycles. The highest BCUT2D eigenvalue weighted by molar-refractivity contribution is 6.30. The number of amides is 2. The topological polar surface area (TPSA) is 49.9 Å². The van der Waals surface area contributed by atoms with E-state index in [2.05, 4.69) is 32.9 Å². The second-order valence-electron chi connectivity index (χ2n) is 10.3. The summed E-state index contributed by atoms with van der Waals surface area (Å²) in [4.78, 5) is 30.5. The molecule has 0 bridgehead atoms. The van der Waals surface area contributed by atoms with Crippen LogP contribution in [0, 0.1) is 0 Å². The lowest BCUT2D eigenvalue weighted by Crippen LogP contribution is -2.47. The number of carbonyl (C=O) groups excluding carboxylic acids is 2. The summed E-state index contributed by atoms with van der Waals surface area (Å²) < 4.78 is 6.06. The van der Waals surface area contributed by atoms with Crippen LogP contribution in [0.1, 0.15) is 43.0 Å². The number of anilines is 1. The number of fused-ring (bicyclic) bond motifs is 2. The van der Waals surface area contributed by atoms with Gasteiger partial charge in [0.25, 0.3) is 5.91 Å². The molecule has 0 saturated carbocycles. The van der Waals surface area contributed by atoms with Gasteiger partial charge in [0.2, 0.25) is 5.91 Å². The van der Waals surface area contributed by atoms with Gasteiger partial charge < -0.3 is 9.64 Å². The minimum atomic E-state index is -0.339. The van der Waals surface area contributed by atoms with Crippen LogP contribution < -0.4 is 9.64 Å². The van der Waals surface area contributed by atoms with Crippen molar-refractivity contribution in [3.05, 3.63) is 99.8 Å². The van der Waals surface area contributed by atoms with Crippen molar-refractivity contribution in [3.63, 3.8) is 0 Å². The monoisotopic (exact) mass is 500 g/mol. The van der Waals surface area contributed by atoms with Gasteiger partial charge in [-0.1, -0.05) is 74.8 Å². The van der Waals surface area contributed by atoms with Crippen molar-refractivity contribution in [1.82, 2.24) is 4.90 Å². The molecule has 0 spiro atoms. The molecule has 3 aromatic rings. The first-order valence-electron chi connectivity index (χ1n) is 12.1. The lowest BCUT2D eigenvalue weighted by Gasteiger charge is -2.34. The lowest BCUT2D eigenvalue weighted by atomic mass is 9.86. The van der Waals surface area contributed by atoms with Crippen LogP contribution in [0.15, 0.2) is 72.5 Å². The van der Waals surface area contributed by atoms with Crippen LogP contribution in [-0.2, 0) is 28.0 Å². The summed E-state index contributed by atoms with van der Waals surface area (Å²) in [6, 6.07) is 21.2. The van der Waals surface area contributed by atoms with Gasteiger partial charge in [-0.25, -0.2) is 0 Å². The average molecular weight is 501 g/mol. The normalized spacial score (nSPS) is 16.4. The van der Waals surface area contributed by atoms with Crippen molar-refractivity contribution in [2.24, 2.45) is 0 Å². The van der Waals surface area contributed by atoms with Gasteiger partial charge in [-0.15, -0.1) is 0 Å². The highest BCUT2D eigenvalue weighted by Crippen LogP contribution is 2.39. The second-order valence-corrected chi connectivity index (χ2v) is 10.8. The predicted octanol–water partition coefficient (Wildman–Crippen LogP) is 5.99. The molecule has 0 unspecified atom stereocenters. The summed E-state index contributed by atoms with van der Waals surface area (Å²) in [5, 5.41) is 0.614. The third-order valence-corrected chi connectivity index (χ3v) is 6.99. The fourth-order valence-corrected chi connectivity index (χ4v) is 4.71. The maximum absolute atomic E-state index is 13.7. The van der Waals surface area contributed by atoms with Crippen molar-refractivity contribution >= 4 is 35.2 Å². The summed E-state index contributed by atoms with van der Waals surface area (Å²) in [5.41, 5.74) is 4.78. The standard InChI is InChI=1S/C30H29ClN2O3/c1-30(2,3)23-10-13-26-25(17-23)33(29(35)27(36-26)16-20-8-11-24(31)12-9-20)19-28(34)32-15-14-21-6-4-5-7-22(21)18-32/h4-13,16-17H,14-15,18-19H2,1-3H3/b27-16+. The number of ether oxygens (including phenoxy) is 1. The number of nitrogens with zero attached hydrogens (tertiary/aromatic N) is 2. The molecule has 0 saturated heterocycles. The van der Waals surface area contributed by atoms with Crippen LogP contribution in [-0.4, -0.2) is 29.8 Å². The van der Waals surface area contributed by atoms with Crippen LogP contribution in [0.5, 0.6) is 5.75 Å². The van der Waals surface area contributed by atoms with E-state index in [9.17, 15) is 9.59 Å². The van der Waals surface area contributed by atoms with Gasteiger partial charge in [0.05, 0.1) is 5.69 Å². The number of halogens is 1. The Morgan fingerprint density at radius 3 is 2.47 bits per heavy atom. The zero-order chi connectivity index (χ0) is 25.4. The molecule has 2 aliphatic rings. The lowest BCUT2D eigenvalue weighted by molar-refractivity contribution is -0.132. The van der Waals surface area contributed by atoms with Gasteiger partial charge >= 0.3 is 0 Å². The first-order valence-corrected chi connectivity index (χ1v) is 12.5. The van der Waals surface area contributed by atoms with E-state index in [0.717, 1.165) is 23.1 Å². The van der Waals surface area contributed by atoms with E-state index >= 15 is 0 Å². The molecule has 2 amide bonds. The number of carbonyl (C=O) groups is 2. The number of benzene rings is 3. The molecule has 3 aromatic carbocycles. The fraction of sp³-hybridized carbons (Fsp3) is 0.267. The SMILES string of the molecule is CC(C)(C)c1ccc2c(c1)N(CC(=O)N1CCc3ccccc3C1)C(=O)/C(=C\c1ccc(Cl)cc1)O2. The second kappa shape index (κ2) is 9.47. The van der Waals surface area contributed by atoms with Crippen LogP contribution in [0.25, 0.3) is 6.08 Å². The molecule has 184 valence electrons. The third kappa shape index (κ3) is 4.89. The Morgan fingerprint density at radius 2 is 1.75 bits per heavy atom. The molecule has 0 atom stereocenters. The average Bonchev–Trinajstić information content (AvgIpc) is 2.86. The molecule has 2 aliphatic heterocycles. The Kier molecular flexibility index (Phi) is 6.35. The summed E-state index contributed by atoms with van der Waals surface area (Å²) in [5.74, 6) is 0.303. The summed E-state index contributed by atoms with van der Waals surface area (Å²) >= 11 is 6.02. The van der Waals surface area contributed by atoms with Crippen LogP contribution >= 0.6 is 11.6 Å². The third-order valence-electron chi connectivity index (χ3n) is 6.74. The Morgan fingerprint density at radius 1 is 1.03 bits per heavy atom. The van der Waals surface area contributed by atoms with E-state index in [4.69, 9.17) is 16.3 Å². The Balaban J connectivity index is 1.48. The van der Waals surface area contributed by atoms with Crippen molar-refractivity contribution in [1.29, 1.82) is 0 Å². The molecule has 5 nitrogen and oxygen atoms in total. The summed E-state index contributed by atoms with van der Waals surface area (Å²) in [6.45, 7) is 7.49. The maximum Gasteiger partial charge on any atom is 0.294 e. The highest BCUT2D eigenvalue weighted by atomic mass is 35.5. The van der Waals surface area contributed by atoms with Gasteiger partial charge in [-0.05, 0) is 64.4 Å². The molecular weight excluding hydrogens is 472 g/mol. The van der Waals surface area contributed by atoms with E-state index in [0.29, 0.717) is 29.5 Å². The maximum atomic E-state index is 13.7. The van der Waals surface area contributed by atoms with Crippen molar-refractivity contribution < 1.29 is 14.3 Å². The Labute approximate surface area is 216 Å². The number of rotatable bonds is 3.